The Hall–Kier alpha value is -4.33. The molecule has 0 atom stereocenters. The minimum Gasteiger partial charge on any atom is -0.507 e. The van der Waals surface area contributed by atoms with Crippen LogP contribution in [-0.2, 0) is 21.4 Å². The third kappa shape index (κ3) is 6.60. The predicted molar refractivity (Wildman–Crippen MR) is 124 cm³/mol. The van der Waals surface area contributed by atoms with Crippen molar-refractivity contribution in [2.75, 3.05) is 10.6 Å². The number of nitrogens with zero attached hydrogens (tertiary/aromatic N) is 4. The van der Waals surface area contributed by atoms with E-state index in [1.165, 1.54) is 29.8 Å². The zero-order chi connectivity index (χ0) is 25.7. The van der Waals surface area contributed by atoms with Gasteiger partial charge in [0, 0.05) is 32.5 Å². The second-order valence-electron chi connectivity index (χ2n) is 7.36. The van der Waals surface area contributed by atoms with Crippen molar-refractivity contribution in [2.24, 2.45) is 7.05 Å². The number of aliphatic carboxylic acids is 1. The van der Waals surface area contributed by atoms with E-state index in [4.69, 9.17) is 9.84 Å². The van der Waals surface area contributed by atoms with Gasteiger partial charge in [-0.1, -0.05) is 0 Å². The van der Waals surface area contributed by atoms with Crippen molar-refractivity contribution in [1.82, 2.24) is 20.2 Å². The molecule has 184 valence electrons. The SMILES string of the molecule is CC(=O)Nc1cc(O)c(NC(=O)CCC(=O)O)cc1Oc1cc(Sc2nnnn2C)c(O)cc1C. The number of benzene rings is 2. The van der Waals surface area contributed by atoms with Gasteiger partial charge in [0.25, 0.3) is 0 Å². The third-order valence-corrected chi connectivity index (χ3v) is 5.58. The summed E-state index contributed by atoms with van der Waals surface area (Å²) in [4.78, 5) is 34.9. The number of rotatable bonds is 9. The number of ether oxygens (including phenoxy) is 1. The van der Waals surface area contributed by atoms with Crippen LogP contribution < -0.4 is 15.4 Å². The van der Waals surface area contributed by atoms with Gasteiger partial charge in [0.15, 0.2) is 5.75 Å². The van der Waals surface area contributed by atoms with Gasteiger partial charge in [0.05, 0.1) is 22.7 Å². The number of tetrazole rings is 1. The zero-order valence-corrected chi connectivity index (χ0v) is 19.7. The van der Waals surface area contributed by atoms with E-state index in [0.717, 1.165) is 11.8 Å². The van der Waals surface area contributed by atoms with Crippen LogP contribution in [-0.4, -0.2) is 53.3 Å². The van der Waals surface area contributed by atoms with Crippen LogP contribution in [0.5, 0.6) is 23.0 Å². The maximum absolute atomic E-state index is 12.1. The number of aromatic hydroxyl groups is 2. The minimum atomic E-state index is -1.14. The molecule has 2 aromatic carbocycles. The van der Waals surface area contributed by atoms with Crippen molar-refractivity contribution < 1.29 is 34.4 Å². The molecule has 1 heterocycles. The normalized spacial score (nSPS) is 10.6. The molecule has 0 bridgehead atoms. The van der Waals surface area contributed by atoms with E-state index in [9.17, 15) is 24.6 Å². The Morgan fingerprint density at radius 2 is 1.77 bits per heavy atom. The molecule has 5 N–H and O–H groups in total. The molecule has 0 saturated carbocycles. The van der Waals surface area contributed by atoms with Crippen LogP contribution in [0.1, 0.15) is 25.3 Å². The van der Waals surface area contributed by atoms with E-state index in [1.54, 1.807) is 20.0 Å². The Bertz CT molecular complexity index is 1290. The van der Waals surface area contributed by atoms with E-state index in [0.29, 0.717) is 21.4 Å². The standard InChI is InChI=1S/C21H22N6O7S/c1-10-6-15(30)18(35-21-24-25-26-27(21)3)9-16(10)34-17-8-12(23-19(31)4-5-20(32)33)14(29)7-13(17)22-11(2)28/h6-9,29-30H,4-5H2,1-3H3,(H,22,28)(H,23,31)(H,32,33). The van der Waals surface area contributed by atoms with Crippen molar-refractivity contribution in [1.29, 1.82) is 0 Å². The fourth-order valence-corrected chi connectivity index (χ4v) is 3.62. The van der Waals surface area contributed by atoms with E-state index in [2.05, 4.69) is 26.2 Å². The Labute approximate surface area is 203 Å². The lowest BCUT2D eigenvalue weighted by Gasteiger charge is -2.17. The summed E-state index contributed by atoms with van der Waals surface area (Å²) in [6.07, 6.45) is -0.679. The Morgan fingerprint density at radius 1 is 1.03 bits per heavy atom. The van der Waals surface area contributed by atoms with Crippen LogP contribution in [0.3, 0.4) is 0 Å². The number of phenols is 2. The van der Waals surface area contributed by atoms with Crippen molar-refractivity contribution in [3.63, 3.8) is 0 Å². The quantitative estimate of drug-likeness (QED) is 0.270. The smallest absolute Gasteiger partial charge is 0.303 e. The molecule has 14 heteroatoms. The first kappa shape index (κ1) is 25.3. The van der Waals surface area contributed by atoms with Gasteiger partial charge in [-0.2, -0.15) is 0 Å². The largest absolute Gasteiger partial charge is 0.507 e. The van der Waals surface area contributed by atoms with Crippen molar-refractivity contribution in [3.8, 4) is 23.0 Å². The lowest BCUT2D eigenvalue weighted by Crippen LogP contribution is -2.14. The number of aryl methyl sites for hydroxylation is 2. The average Bonchev–Trinajstić information content (AvgIpc) is 3.17. The van der Waals surface area contributed by atoms with Gasteiger partial charge >= 0.3 is 5.97 Å². The highest BCUT2D eigenvalue weighted by atomic mass is 32.2. The van der Waals surface area contributed by atoms with Gasteiger partial charge in [-0.05, 0) is 46.8 Å². The summed E-state index contributed by atoms with van der Waals surface area (Å²) in [5, 5.41) is 46.0. The summed E-state index contributed by atoms with van der Waals surface area (Å²) in [5.41, 5.74) is 0.634. The summed E-state index contributed by atoms with van der Waals surface area (Å²) in [6, 6.07) is 5.53. The molecule has 0 fully saturated rings. The first-order valence-electron chi connectivity index (χ1n) is 10.1. The lowest BCUT2D eigenvalue weighted by molar-refractivity contribution is -0.138. The molecule has 35 heavy (non-hydrogen) atoms. The molecule has 0 unspecified atom stereocenters. The molecule has 13 nitrogen and oxygen atoms in total. The number of hydrogen-bond donors (Lipinski definition) is 5. The van der Waals surface area contributed by atoms with Gasteiger partial charge < -0.3 is 30.7 Å². The molecule has 0 saturated heterocycles. The van der Waals surface area contributed by atoms with Crippen molar-refractivity contribution >= 4 is 40.9 Å². The second-order valence-corrected chi connectivity index (χ2v) is 8.37. The Morgan fingerprint density at radius 3 is 2.40 bits per heavy atom. The number of anilines is 2. The monoisotopic (exact) mass is 502 g/mol. The number of aromatic nitrogens is 4. The summed E-state index contributed by atoms with van der Waals surface area (Å²) >= 11 is 1.10. The molecule has 0 aliphatic heterocycles. The molecule has 0 aliphatic carbocycles. The number of carboxylic acid groups (broad SMARTS) is 1. The van der Waals surface area contributed by atoms with E-state index >= 15 is 0 Å². The topological polar surface area (TPSA) is 189 Å². The molecule has 3 aromatic rings. The van der Waals surface area contributed by atoms with Crippen molar-refractivity contribution in [2.45, 2.75) is 36.7 Å². The van der Waals surface area contributed by atoms with Crippen LogP contribution in [0.15, 0.2) is 34.3 Å². The van der Waals surface area contributed by atoms with Gasteiger partial charge in [-0.25, -0.2) is 4.68 Å². The van der Waals surface area contributed by atoms with Gasteiger partial charge in [-0.15, -0.1) is 5.10 Å². The maximum atomic E-state index is 12.1. The Kier molecular flexibility index (Phi) is 7.76. The van der Waals surface area contributed by atoms with Crippen LogP contribution in [0.4, 0.5) is 11.4 Å². The van der Waals surface area contributed by atoms with Crippen LogP contribution in [0.25, 0.3) is 0 Å². The predicted octanol–water partition coefficient (Wildman–Crippen LogP) is 2.63. The molecular weight excluding hydrogens is 480 g/mol. The molecule has 1 aromatic heterocycles. The van der Waals surface area contributed by atoms with E-state index in [-0.39, 0.29) is 41.5 Å². The second kappa shape index (κ2) is 10.7. The highest BCUT2D eigenvalue weighted by Crippen LogP contribution is 2.42. The first-order chi connectivity index (χ1) is 16.5. The number of carbonyl (C=O) groups excluding carboxylic acids is 2. The fraction of sp³-hybridized carbons (Fsp3) is 0.238. The van der Waals surface area contributed by atoms with Gasteiger partial charge in [0.2, 0.25) is 17.0 Å². The molecule has 0 radical (unpaired) electrons. The molecular formula is C21H22N6O7S. The molecule has 2 amide bonds. The summed E-state index contributed by atoms with van der Waals surface area (Å²) < 4.78 is 7.44. The average molecular weight is 503 g/mol. The number of carboxylic acids is 1. The molecule has 0 aliphatic rings. The summed E-state index contributed by atoms with van der Waals surface area (Å²) in [6.45, 7) is 2.97. The van der Waals surface area contributed by atoms with E-state index < -0.39 is 17.8 Å². The van der Waals surface area contributed by atoms with Crippen molar-refractivity contribution in [3.05, 3.63) is 29.8 Å². The van der Waals surface area contributed by atoms with E-state index in [1.807, 2.05) is 0 Å². The highest BCUT2D eigenvalue weighted by molar-refractivity contribution is 7.99. The van der Waals surface area contributed by atoms with Gasteiger partial charge in [0.1, 0.15) is 17.2 Å². The van der Waals surface area contributed by atoms with Crippen LogP contribution >= 0.6 is 11.8 Å². The van der Waals surface area contributed by atoms with Crippen LogP contribution in [0.2, 0.25) is 0 Å². The fourth-order valence-electron chi connectivity index (χ4n) is 2.84. The summed E-state index contributed by atoms with van der Waals surface area (Å²) in [5.74, 6) is -2.20. The van der Waals surface area contributed by atoms with Crippen LogP contribution in [0, 0.1) is 6.92 Å². The first-order valence-corrected chi connectivity index (χ1v) is 10.9. The number of nitrogens with one attached hydrogen (secondary N) is 2. The number of amides is 2. The Balaban J connectivity index is 1.95. The number of hydrogen-bond acceptors (Lipinski definition) is 10. The maximum Gasteiger partial charge on any atom is 0.303 e. The molecule has 0 spiro atoms. The minimum absolute atomic E-state index is 0.0259. The number of carbonyl (C=O) groups is 3. The number of phenolic OH excluding ortho intramolecular Hbond substituents is 2. The lowest BCUT2D eigenvalue weighted by atomic mass is 10.2. The van der Waals surface area contributed by atoms with Gasteiger partial charge in [-0.3, -0.25) is 14.4 Å². The third-order valence-electron chi connectivity index (χ3n) is 4.51. The molecule has 3 rings (SSSR count). The zero-order valence-electron chi connectivity index (χ0n) is 18.9. The summed E-state index contributed by atoms with van der Waals surface area (Å²) in [7, 11) is 1.65. The highest BCUT2D eigenvalue weighted by Gasteiger charge is 2.18.